The molecule has 28 heavy (non-hydrogen) atoms. The number of imide groups is 1. The van der Waals surface area contributed by atoms with Crippen LogP contribution in [0, 0.1) is 0 Å². The average molecular weight is 388 g/mol. The zero-order chi connectivity index (χ0) is 20.1. The van der Waals surface area contributed by atoms with Crippen LogP contribution in [0.4, 0.5) is 5.69 Å². The molecule has 4 aliphatic heterocycles. The van der Waals surface area contributed by atoms with Gasteiger partial charge >= 0.3 is 0 Å². The Labute approximate surface area is 165 Å². The molecule has 5 rings (SSSR count). The Hall–Kier alpha value is -2.61. The van der Waals surface area contributed by atoms with Crippen molar-refractivity contribution in [3.05, 3.63) is 23.3 Å². The van der Waals surface area contributed by atoms with E-state index in [-0.39, 0.29) is 17.7 Å². The Balaban J connectivity index is 0.000000190. The first-order valence-electron chi connectivity index (χ1n) is 10.0. The van der Waals surface area contributed by atoms with Crippen molar-refractivity contribution in [3.8, 4) is 5.75 Å². The predicted octanol–water partition coefficient (Wildman–Crippen LogP) is 0.940. The number of amides is 3. The van der Waals surface area contributed by atoms with Gasteiger partial charge in [0.25, 0.3) is 5.91 Å². The van der Waals surface area contributed by atoms with Gasteiger partial charge in [0.15, 0.2) is 0 Å². The van der Waals surface area contributed by atoms with Crippen molar-refractivity contribution < 1.29 is 19.1 Å². The van der Waals surface area contributed by atoms with Crippen LogP contribution in [-0.4, -0.2) is 50.0 Å². The number of nitrogens with zero attached hydrogens (tertiary/aromatic N) is 1. The molecule has 0 aromatic heterocycles. The quantitative estimate of drug-likeness (QED) is 0.572. The summed E-state index contributed by atoms with van der Waals surface area (Å²) in [7, 11) is 0. The third-order valence-corrected chi connectivity index (χ3v) is 5.08. The summed E-state index contributed by atoms with van der Waals surface area (Å²) in [4.78, 5) is 34.7. The Morgan fingerprint density at radius 3 is 2.54 bits per heavy atom. The smallest absolute Gasteiger partial charge is 0.252 e. The van der Waals surface area contributed by atoms with Crippen molar-refractivity contribution in [2.75, 3.05) is 31.1 Å². The second kappa shape index (κ2) is 9.05. The van der Waals surface area contributed by atoms with Crippen LogP contribution in [0.5, 0.6) is 5.75 Å². The molecule has 1 aromatic carbocycles. The summed E-state index contributed by atoms with van der Waals surface area (Å²) in [6, 6.07) is 4.36. The fourth-order valence-corrected chi connectivity index (χ4v) is 3.75. The Kier molecular flexibility index (Phi) is 6.51. The Morgan fingerprint density at radius 2 is 1.86 bits per heavy atom. The van der Waals surface area contributed by atoms with Gasteiger partial charge in [0.2, 0.25) is 11.8 Å². The average Bonchev–Trinajstić information content (AvgIpc) is 3.11. The normalized spacial score (nSPS) is 22.0. The molecule has 1 aromatic rings. The van der Waals surface area contributed by atoms with E-state index in [0.717, 1.165) is 42.2 Å². The van der Waals surface area contributed by atoms with E-state index in [2.05, 4.69) is 20.9 Å². The SMILES string of the molecule is CC.O=C1CCCC(=O)N1.O=C1NCc2c1ccc1c2OCC2CNCCN12. The van der Waals surface area contributed by atoms with Crippen LogP contribution in [0.2, 0.25) is 0 Å². The molecule has 0 saturated carbocycles. The van der Waals surface area contributed by atoms with Gasteiger partial charge in [0.05, 0.1) is 11.7 Å². The standard InChI is InChI=1S/C13H15N3O2.C5H7NO2.C2H6/c17-13-9-1-2-11-12(10(9)6-15-13)18-7-8-5-14-3-4-16(8)11;7-4-2-1-3-5(8)6-4;1-2/h1-2,8,14H,3-7H2,(H,15,17);1-3H2,(H,6,7,8);1-2H3. The van der Waals surface area contributed by atoms with E-state index >= 15 is 0 Å². The molecule has 0 radical (unpaired) electrons. The lowest BCUT2D eigenvalue weighted by molar-refractivity contribution is -0.132. The van der Waals surface area contributed by atoms with Crippen LogP contribution < -0.4 is 25.6 Å². The summed E-state index contributed by atoms with van der Waals surface area (Å²) in [5.41, 5.74) is 2.93. The van der Waals surface area contributed by atoms with Gasteiger partial charge in [-0.2, -0.15) is 0 Å². The molecule has 0 bridgehead atoms. The second-order valence-corrected chi connectivity index (χ2v) is 6.81. The number of nitrogens with one attached hydrogen (secondary N) is 3. The number of piperidine rings is 1. The molecule has 3 N–H and O–H groups in total. The number of carbonyl (C=O) groups is 3. The third kappa shape index (κ3) is 4.11. The first-order chi connectivity index (χ1) is 13.6. The maximum Gasteiger partial charge on any atom is 0.252 e. The van der Waals surface area contributed by atoms with Crippen LogP contribution in [0.25, 0.3) is 0 Å². The molecule has 3 amide bonds. The van der Waals surface area contributed by atoms with E-state index in [1.807, 2.05) is 26.0 Å². The first kappa shape index (κ1) is 20.1. The van der Waals surface area contributed by atoms with E-state index < -0.39 is 0 Å². The summed E-state index contributed by atoms with van der Waals surface area (Å²) in [5.74, 6) is 0.644. The monoisotopic (exact) mass is 388 g/mol. The van der Waals surface area contributed by atoms with E-state index in [0.29, 0.717) is 38.5 Å². The lowest BCUT2D eigenvalue weighted by atomic mass is 10.0. The molecule has 1 unspecified atom stereocenters. The van der Waals surface area contributed by atoms with Gasteiger partial charge in [-0.05, 0) is 18.6 Å². The minimum Gasteiger partial charge on any atom is -0.489 e. The molecule has 2 saturated heterocycles. The van der Waals surface area contributed by atoms with Crippen molar-refractivity contribution >= 4 is 23.4 Å². The maximum absolute atomic E-state index is 11.6. The molecule has 0 aliphatic carbocycles. The summed E-state index contributed by atoms with van der Waals surface area (Å²) in [5, 5.41) is 8.44. The van der Waals surface area contributed by atoms with E-state index in [9.17, 15) is 14.4 Å². The number of hydrogen-bond acceptors (Lipinski definition) is 6. The van der Waals surface area contributed by atoms with Gasteiger partial charge in [-0.1, -0.05) is 13.8 Å². The van der Waals surface area contributed by atoms with Crippen molar-refractivity contribution in [1.29, 1.82) is 0 Å². The number of anilines is 1. The van der Waals surface area contributed by atoms with Crippen molar-refractivity contribution in [2.24, 2.45) is 0 Å². The molecule has 4 aliphatic rings. The summed E-state index contributed by atoms with van der Waals surface area (Å²) >= 11 is 0. The number of fused-ring (bicyclic) bond motifs is 5. The molecular weight excluding hydrogens is 360 g/mol. The first-order valence-corrected chi connectivity index (χ1v) is 10.0. The van der Waals surface area contributed by atoms with Crippen LogP contribution in [0.15, 0.2) is 12.1 Å². The maximum atomic E-state index is 11.6. The minimum atomic E-state index is -0.138. The zero-order valence-electron chi connectivity index (χ0n) is 16.5. The van der Waals surface area contributed by atoms with Crippen molar-refractivity contribution in [1.82, 2.24) is 16.0 Å². The highest BCUT2D eigenvalue weighted by molar-refractivity contribution is 6.00. The van der Waals surface area contributed by atoms with Gasteiger partial charge in [0.1, 0.15) is 12.4 Å². The highest BCUT2D eigenvalue weighted by Crippen LogP contribution is 2.40. The van der Waals surface area contributed by atoms with Crippen LogP contribution in [0.3, 0.4) is 0 Å². The van der Waals surface area contributed by atoms with Crippen molar-refractivity contribution in [3.63, 3.8) is 0 Å². The number of piperazine rings is 1. The highest BCUT2D eigenvalue weighted by Gasteiger charge is 2.34. The zero-order valence-corrected chi connectivity index (χ0v) is 16.5. The summed E-state index contributed by atoms with van der Waals surface area (Å²) in [6.45, 7) is 8.26. The lowest BCUT2D eigenvalue weighted by Gasteiger charge is -2.42. The Bertz CT molecular complexity index is 751. The van der Waals surface area contributed by atoms with Crippen LogP contribution in [-0.2, 0) is 16.1 Å². The second-order valence-electron chi connectivity index (χ2n) is 6.81. The predicted molar refractivity (Wildman–Crippen MR) is 105 cm³/mol. The highest BCUT2D eigenvalue weighted by atomic mass is 16.5. The summed E-state index contributed by atoms with van der Waals surface area (Å²) < 4.78 is 5.91. The molecule has 2 fully saturated rings. The fraction of sp³-hybridized carbons (Fsp3) is 0.550. The van der Waals surface area contributed by atoms with E-state index in [1.165, 1.54) is 0 Å². The molecule has 4 heterocycles. The Morgan fingerprint density at radius 1 is 1.11 bits per heavy atom. The topological polar surface area (TPSA) is 99.8 Å². The molecule has 152 valence electrons. The molecule has 8 heteroatoms. The fourth-order valence-electron chi connectivity index (χ4n) is 3.75. The third-order valence-electron chi connectivity index (χ3n) is 5.08. The summed E-state index contributed by atoms with van der Waals surface area (Å²) in [6.07, 6.45) is 1.72. The van der Waals surface area contributed by atoms with E-state index in [1.54, 1.807) is 0 Å². The van der Waals surface area contributed by atoms with Gasteiger partial charge < -0.3 is 20.3 Å². The van der Waals surface area contributed by atoms with Crippen molar-refractivity contribution in [2.45, 2.75) is 45.7 Å². The van der Waals surface area contributed by atoms with Gasteiger partial charge in [-0.3, -0.25) is 19.7 Å². The number of rotatable bonds is 0. The van der Waals surface area contributed by atoms with Crippen LogP contribution in [0.1, 0.15) is 49.0 Å². The molecule has 0 spiro atoms. The van der Waals surface area contributed by atoms with Gasteiger partial charge in [-0.15, -0.1) is 0 Å². The molecular formula is C20H28N4O4. The lowest BCUT2D eigenvalue weighted by Crippen LogP contribution is -2.55. The van der Waals surface area contributed by atoms with Gasteiger partial charge in [0, 0.05) is 50.1 Å². The minimum absolute atomic E-state index is 0.0128. The van der Waals surface area contributed by atoms with Crippen LogP contribution >= 0.6 is 0 Å². The number of ether oxygens (including phenoxy) is 1. The number of carbonyl (C=O) groups excluding carboxylic acids is 3. The largest absolute Gasteiger partial charge is 0.489 e. The number of hydrogen-bond donors (Lipinski definition) is 3. The van der Waals surface area contributed by atoms with Gasteiger partial charge in [-0.25, -0.2) is 0 Å². The van der Waals surface area contributed by atoms with E-state index in [4.69, 9.17) is 4.74 Å². The molecule has 1 atom stereocenters. The number of benzene rings is 1. The molecule has 8 nitrogen and oxygen atoms in total.